The first-order chi connectivity index (χ1) is 6.24. The molecule has 0 radical (unpaired) electrons. The third kappa shape index (κ3) is 3.88. The highest BCUT2D eigenvalue weighted by atomic mass is 32.2. The Kier molecular flexibility index (Phi) is 5.14. The number of hydrogen-bond donors (Lipinski definition) is 1. The van der Waals surface area contributed by atoms with Gasteiger partial charge in [-0.05, 0) is 19.6 Å². The van der Waals surface area contributed by atoms with E-state index in [9.17, 15) is 0 Å². The Labute approximate surface area is 86.5 Å². The predicted octanol–water partition coefficient (Wildman–Crippen LogP) is 1.42. The molecule has 0 aromatic carbocycles. The van der Waals surface area contributed by atoms with E-state index in [4.69, 9.17) is 0 Å². The average Bonchev–Trinajstić information content (AvgIpc) is 2.11. The SMILES string of the molecule is CCSCCN1CC(C)NCC1C. The van der Waals surface area contributed by atoms with Crippen LogP contribution in [0.1, 0.15) is 20.8 Å². The molecule has 1 saturated heterocycles. The van der Waals surface area contributed by atoms with Crippen molar-refractivity contribution in [3.05, 3.63) is 0 Å². The van der Waals surface area contributed by atoms with Gasteiger partial charge in [-0.2, -0.15) is 11.8 Å². The maximum absolute atomic E-state index is 3.50. The minimum atomic E-state index is 0.669. The van der Waals surface area contributed by atoms with E-state index in [1.165, 1.54) is 24.6 Å². The zero-order valence-corrected chi connectivity index (χ0v) is 9.86. The Balaban J connectivity index is 2.21. The van der Waals surface area contributed by atoms with Gasteiger partial charge in [-0.15, -0.1) is 0 Å². The van der Waals surface area contributed by atoms with Gasteiger partial charge < -0.3 is 5.32 Å². The second-order valence-electron chi connectivity index (χ2n) is 3.85. The van der Waals surface area contributed by atoms with Gasteiger partial charge in [-0.25, -0.2) is 0 Å². The summed E-state index contributed by atoms with van der Waals surface area (Å²) in [4.78, 5) is 2.60. The summed E-state index contributed by atoms with van der Waals surface area (Å²) >= 11 is 2.04. The van der Waals surface area contributed by atoms with Crippen LogP contribution in [-0.2, 0) is 0 Å². The molecule has 3 heteroatoms. The van der Waals surface area contributed by atoms with Gasteiger partial charge in [-0.1, -0.05) is 6.92 Å². The molecule has 0 aromatic heterocycles. The second kappa shape index (κ2) is 5.89. The van der Waals surface area contributed by atoms with Gasteiger partial charge in [0.15, 0.2) is 0 Å². The molecular formula is C10H22N2S. The summed E-state index contributed by atoms with van der Waals surface area (Å²) in [5, 5.41) is 3.50. The van der Waals surface area contributed by atoms with Crippen molar-refractivity contribution >= 4 is 11.8 Å². The number of nitrogens with one attached hydrogen (secondary N) is 1. The van der Waals surface area contributed by atoms with Gasteiger partial charge in [0.25, 0.3) is 0 Å². The smallest absolute Gasteiger partial charge is 0.0193 e. The Morgan fingerprint density at radius 2 is 2.23 bits per heavy atom. The van der Waals surface area contributed by atoms with E-state index < -0.39 is 0 Å². The highest BCUT2D eigenvalue weighted by molar-refractivity contribution is 7.99. The van der Waals surface area contributed by atoms with Crippen LogP contribution in [0.15, 0.2) is 0 Å². The van der Waals surface area contributed by atoms with Crippen LogP contribution in [0.2, 0.25) is 0 Å². The molecule has 0 saturated carbocycles. The minimum Gasteiger partial charge on any atom is -0.311 e. The molecular weight excluding hydrogens is 180 g/mol. The largest absolute Gasteiger partial charge is 0.311 e. The maximum atomic E-state index is 3.50. The Morgan fingerprint density at radius 1 is 1.46 bits per heavy atom. The van der Waals surface area contributed by atoms with Crippen molar-refractivity contribution in [3.63, 3.8) is 0 Å². The van der Waals surface area contributed by atoms with Crippen LogP contribution in [0.3, 0.4) is 0 Å². The fourth-order valence-electron chi connectivity index (χ4n) is 1.73. The zero-order valence-electron chi connectivity index (χ0n) is 9.05. The third-order valence-electron chi connectivity index (χ3n) is 2.62. The molecule has 1 fully saturated rings. The van der Waals surface area contributed by atoms with E-state index >= 15 is 0 Å². The lowest BCUT2D eigenvalue weighted by Gasteiger charge is -2.37. The molecule has 1 aliphatic heterocycles. The van der Waals surface area contributed by atoms with Crippen molar-refractivity contribution in [2.45, 2.75) is 32.9 Å². The molecule has 13 heavy (non-hydrogen) atoms. The average molecular weight is 202 g/mol. The van der Waals surface area contributed by atoms with E-state index in [0.717, 1.165) is 6.54 Å². The normalized spacial score (nSPS) is 30.7. The number of thioether (sulfide) groups is 1. The summed E-state index contributed by atoms with van der Waals surface area (Å²) in [5.74, 6) is 2.53. The van der Waals surface area contributed by atoms with E-state index in [1.807, 2.05) is 11.8 Å². The predicted molar refractivity (Wildman–Crippen MR) is 61.5 cm³/mol. The van der Waals surface area contributed by atoms with Crippen molar-refractivity contribution in [3.8, 4) is 0 Å². The molecule has 2 unspecified atom stereocenters. The molecule has 1 heterocycles. The minimum absolute atomic E-state index is 0.669. The molecule has 0 aliphatic carbocycles. The van der Waals surface area contributed by atoms with E-state index in [1.54, 1.807) is 0 Å². The lowest BCUT2D eigenvalue weighted by molar-refractivity contribution is 0.156. The topological polar surface area (TPSA) is 15.3 Å². The summed E-state index contributed by atoms with van der Waals surface area (Å²) in [6.07, 6.45) is 0. The van der Waals surface area contributed by atoms with Crippen molar-refractivity contribution < 1.29 is 0 Å². The number of rotatable bonds is 4. The summed E-state index contributed by atoms with van der Waals surface area (Å²) in [6, 6.07) is 1.39. The summed E-state index contributed by atoms with van der Waals surface area (Å²) in [6.45, 7) is 10.4. The number of nitrogens with zero attached hydrogens (tertiary/aromatic N) is 1. The lowest BCUT2D eigenvalue weighted by Crippen LogP contribution is -2.54. The highest BCUT2D eigenvalue weighted by Crippen LogP contribution is 2.08. The second-order valence-corrected chi connectivity index (χ2v) is 5.24. The maximum Gasteiger partial charge on any atom is 0.0193 e. The van der Waals surface area contributed by atoms with Gasteiger partial charge in [-0.3, -0.25) is 4.90 Å². The van der Waals surface area contributed by atoms with Crippen LogP contribution in [0, 0.1) is 0 Å². The first-order valence-corrected chi connectivity index (χ1v) is 6.44. The molecule has 2 nitrogen and oxygen atoms in total. The van der Waals surface area contributed by atoms with Gasteiger partial charge >= 0.3 is 0 Å². The van der Waals surface area contributed by atoms with E-state index in [2.05, 4.69) is 31.0 Å². The molecule has 1 aliphatic rings. The molecule has 0 spiro atoms. The lowest BCUT2D eigenvalue weighted by atomic mass is 10.1. The van der Waals surface area contributed by atoms with Crippen LogP contribution >= 0.6 is 11.8 Å². The molecule has 0 aromatic rings. The third-order valence-corrected chi connectivity index (χ3v) is 3.50. The standard InChI is InChI=1S/C10H22N2S/c1-4-13-6-5-12-8-9(2)11-7-10(12)3/h9-11H,4-8H2,1-3H3. The first-order valence-electron chi connectivity index (χ1n) is 5.29. The van der Waals surface area contributed by atoms with Crippen LogP contribution in [0.4, 0.5) is 0 Å². The van der Waals surface area contributed by atoms with Crippen molar-refractivity contribution in [1.82, 2.24) is 10.2 Å². The molecule has 0 amide bonds. The van der Waals surface area contributed by atoms with Gasteiger partial charge in [0, 0.05) is 37.5 Å². The highest BCUT2D eigenvalue weighted by Gasteiger charge is 2.21. The quantitative estimate of drug-likeness (QED) is 0.694. The van der Waals surface area contributed by atoms with Gasteiger partial charge in [0.2, 0.25) is 0 Å². The van der Waals surface area contributed by atoms with Crippen LogP contribution in [0.5, 0.6) is 0 Å². The Hall–Kier alpha value is 0.270. The fraction of sp³-hybridized carbons (Fsp3) is 1.00. The van der Waals surface area contributed by atoms with E-state index in [0.29, 0.717) is 12.1 Å². The number of hydrogen-bond acceptors (Lipinski definition) is 3. The van der Waals surface area contributed by atoms with Crippen molar-refractivity contribution in [2.75, 3.05) is 31.1 Å². The first kappa shape index (κ1) is 11.3. The molecule has 2 atom stereocenters. The van der Waals surface area contributed by atoms with Crippen LogP contribution in [-0.4, -0.2) is 48.1 Å². The van der Waals surface area contributed by atoms with Gasteiger partial charge in [0.1, 0.15) is 0 Å². The Morgan fingerprint density at radius 3 is 2.92 bits per heavy atom. The fourth-order valence-corrected chi connectivity index (χ4v) is 2.39. The van der Waals surface area contributed by atoms with Crippen molar-refractivity contribution in [1.29, 1.82) is 0 Å². The molecule has 0 bridgehead atoms. The number of piperazine rings is 1. The summed E-state index contributed by atoms with van der Waals surface area (Å²) in [5.41, 5.74) is 0. The van der Waals surface area contributed by atoms with E-state index in [-0.39, 0.29) is 0 Å². The Bertz CT molecular complexity index is 141. The van der Waals surface area contributed by atoms with Crippen molar-refractivity contribution in [2.24, 2.45) is 0 Å². The van der Waals surface area contributed by atoms with Crippen LogP contribution in [0.25, 0.3) is 0 Å². The van der Waals surface area contributed by atoms with Gasteiger partial charge in [0.05, 0.1) is 0 Å². The molecule has 78 valence electrons. The summed E-state index contributed by atoms with van der Waals surface area (Å²) < 4.78 is 0. The monoisotopic (exact) mass is 202 g/mol. The van der Waals surface area contributed by atoms with Crippen LogP contribution < -0.4 is 5.32 Å². The molecule has 1 rings (SSSR count). The zero-order chi connectivity index (χ0) is 9.68. The summed E-state index contributed by atoms with van der Waals surface area (Å²) in [7, 11) is 0. The molecule has 1 N–H and O–H groups in total.